The average Bonchev–Trinajstić information content (AvgIpc) is 2.55. The third kappa shape index (κ3) is 2.33. The molecule has 1 aliphatic rings. The van der Waals surface area contributed by atoms with Crippen LogP contribution in [0.1, 0.15) is 47.0 Å². The van der Waals surface area contributed by atoms with E-state index >= 15 is 0 Å². The zero-order valence-corrected chi connectivity index (χ0v) is 10.4. The van der Waals surface area contributed by atoms with Crippen molar-refractivity contribution in [2.45, 2.75) is 58.5 Å². The van der Waals surface area contributed by atoms with Crippen LogP contribution >= 0.6 is 0 Å². The standard InChI is InChI=1S/C12H24N2O/c1-5-12(13,6-2)11(15)14-8-9(3)7-10(14)4/h9-10H,5-8,13H2,1-4H3. The number of likely N-dealkylation sites (tertiary alicyclic amines) is 1. The zero-order valence-electron chi connectivity index (χ0n) is 10.4. The third-order valence-corrected chi connectivity index (χ3v) is 3.73. The first-order valence-electron chi connectivity index (χ1n) is 6.04. The number of carbonyl (C=O) groups is 1. The predicted octanol–water partition coefficient (Wildman–Crippen LogP) is 1.76. The Morgan fingerprint density at radius 1 is 1.40 bits per heavy atom. The maximum absolute atomic E-state index is 12.3. The van der Waals surface area contributed by atoms with Gasteiger partial charge in [0.25, 0.3) is 0 Å². The normalized spacial score (nSPS) is 27.1. The van der Waals surface area contributed by atoms with Gasteiger partial charge in [-0.2, -0.15) is 0 Å². The molecule has 1 fully saturated rings. The minimum atomic E-state index is -0.641. The number of amides is 1. The number of rotatable bonds is 3. The summed E-state index contributed by atoms with van der Waals surface area (Å²) >= 11 is 0. The van der Waals surface area contributed by atoms with Gasteiger partial charge >= 0.3 is 0 Å². The van der Waals surface area contributed by atoms with Gasteiger partial charge in [-0.1, -0.05) is 20.8 Å². The van der Waals surface area contributed by atoms with Gasteiger partial charge in [-0.3, -0.25) is 4.79 Å². The molecule has 1 rings (SSSR count). The lowest BCUT2D eigenvalue weighted by atomic mass is 9.92. The van der Waals surface area contributed by atoms with E-state index in [1.165, 1.54) is 0 Å². The predicted molar refractivity (Wildman–Crippen MR) is 62.5 cm³/mol. The third-order valence-electron chi connectivity index (χ3n) is 3.73. The summed E-state index contributed by atoms with van der Waals surface area (Å²) in [6.45, 7) is 9.17. The molecule has 0 bridgehead atoms. The molecular weight excluding hydrogens is 188 g/mol. The summed E-state index contributed by atoms with van der Waals surface area (Å²) in [4.78, 5) is 14.3. The Hall–Kier alpha value is -0.570. The second kappa shape index (κ2) is 4.52. The monoisotopic (exact) mass is 212 g/mol. The van der Waals surface area contributed by atoms with E-state index in [1.807, 2.05) is 18.7 Å². The van der Waals surface area contributed by atoms with Crippen LogP contribution in [0.4, 0.5) is 0 Å². The first kappa shape index (κ1) is 12.5. The highest BCUT2D eigenvalue weighted by atomic mass is 16.2. The average molecular weight is 212 g/mol. The molecule has 2 unspecified atom stereocenters. The Balaban J connectivity index is 2.76. The van der Waals surface area contributed by atoms with E-state index < -0.39 is 5.54 Å². The molecule has 1 saturated heterocycles. The molecule has 2 N–H and O–H groups in total. The van der Waals surface area contributed by atoms with Crippen molar-refractivity contribution in [3.63, 3.8) is 0 Å². The van der Waals surface area contributed by atoms with Gasteiger partial charge in [0, 0.05) is 12.6 Å². The fraction of sp³-hybridized carbons (Fsp3) is 0.917. The number of hydrogen-bond donors (Lipinski definition) is 1. The van der Waals surface area contributed by atoms with Crippen molar-refractivity contribution >= 4 is 5.91 Å². The Morgan fingerprint density at radius 3 is 2.27 bits per heavy atom. The van der Waals surface area contributed by atoms with Crippen LogP contribution in [0.25, 0.3) is 0 Å². The lowest BCUT2D eigenvalue weighted by Gasteiger charge is -2.33. The summed E-state index contributed by atoms with van der Waals surface area (Å²) < 4.78 is 0. The summed E-state index contributed by atoms with van der Waals surface area (Å²) in [5, 5.41) is 0. The van der Waals surface area contributed by atoms with Crippen molar-refractivity contribution < 1.29 is 4.79 Å². The maximum Gasteiger partial charge on any atom is 0.242 e. The van der Waals surface area contributed by atoms with Gasteiger partial charge in [-0.15, -0.1) is 0 Å². The number of nitrogens with two attached hydrogens (primary N) is 1. The molecule has 88 valence electrons. The van der Waals surface area contributed by atoms with Gasteiger partial charge in [-0.25, -0.2) is 0 Å². The van der Waals surface area contributed by atoms with Crippen molar-refractivity contribution in [3.8, 4) is 0 Å². The van der Waals surface area contributed by atoms with Gasteiger partial charge in [-0.05, 0) is 32.1 Å². The highest BCUT2D eigenvalue weighted by Crippen LogP contribution is 2.26. The van der Waals surface area contributed by atoms with E-state index in [1.54, 1.807) is 0 Å². The van der Waals surface area contributed by atoms with Crippen molar-refractivity contribution in [2.24, 2.45) is 11.7 Å². The molecule has 15 heavy (non-hydrogen) atoms. The number of hydrogen-bond acceptors (Lipinski definition) is 2. The molecule has 0 aromatic heterocycles. The minimum Gasteiger partial charge on any atom is -0.338 e. The van der Waals surface area contributed by atoms with E-state index in [0.717, 1.165) is 25.8 Å². The Morgan fingerprint density at radius 2 is 1.93 bits per heavy atom. The molecule has 1 heterocycles. The van der Waals surface area contributed by atoms with Crippen molar-refractivity contribution in [1.29, 1.82) is 0 Å². The molecule has 0 aliphatic carbocycles. The topological polar surface area (TPSA) is 46.3 Å². The zero-order chi connectivity index (χ0) is 11.6. The minimum absolute atomic E-state index is 0.143. The van der Waals surface area contributed by atoms with Crippen LogP contribution in [0, 0.1) is 5.92 Å². The van der Waals surface area contributed by atoms with Gasteiger partial charge in [0.15, 0.2) is 0 Å². The van der Waals surface area contributed by atoms with E-state index in [-0.39, 0.29) is 5.91 Å². The lowest BCUT2D eigenvalue weighted by molar-refractivity contribution is -0.138. The smallest absolute Gasteiger partial charge is 0.242 e. The van der Waals surface area contributed by atoms with Crippen LogP contribution in [-0.2, 0) is 4.79 Å². The first-order valence-corrected chi connectivity index (χ1v) is 6.04. The van der Waals surface area contributed by atoms with Gasteiger partial charge in [0.1, 0.15) is 0 Å². The molecule has 0 spiro atoms. The quantitative estimate of drug-likeness (QED) is 0.775. The molecular formula is C12H24N2O. The lowest BCUT2D eigenvalue weighted by Crippen LogP contribution is -2.55. The number of carbonyl (C=O) groups excluding carboxylic acids is 1. The molecule has 0 saturated carbocycles. The van der Waals surface area contributed by atoms with Crippen LogP contribution < -0.4 is 5.73 Å². The van der Waals surface area contributed by atoms with E-state index in [2.05, 4.69) is 13.8 Å². The fourth-order valence-corrected chi connectivity index (χ4v) is 2.42. The summed E-state index contributed by atoms with van der Waals surface area (Å²) in [5.41, 5.74) is 5.50. The first-order chi connectivity index (χ1) is 6.94. The van der Waals surface area contributed by atoms with Crippen LogP contribution in [0.3, 0.4) is 0 Å². The van der Waals surface area contributed by atoms with E-state index in [0.29, 0.717) is 12.0 Å². The molecule has 0 aromatic carbocycles. The van der Waals surface area contributed by atoms with Crippen LogP contribution in [0.2, 0.25) is 0 Å². The molecule has 1 aliphatic heterocycles. The SMILES string of the molecule is CCC(N)(CC)C(=O)N1CC(C)CC1C. The Bertz CT molecular complexity index is 236. The van der Waals surface area contributed by atoms with E-state index in [9.17, 15) is 4.79 Å². The Labute approximate surface area is 93.0 Å². The van der Waals surface area contributed by atoms with Crippen LogP contribution in [0.5, 0.6) is 0 Å². The van der Waals surface area contributed by atoms with Gasteiger partial charge < -0.3 is 10.6 Å². The highest BCUT2D eigenvalue weighted by Gasteiger charge is 2.39. The maximum atomic E-state index is 12.3. The molecule has 0 aromatic rings. The summed E-state index contributed by atoms with van der Waals surface area (Å²) in [5.74, 6) is 0.756. The van der Waals surface area contributed by atoms with Gasteiger partial charge in [0.2, 0.25) is 5.91 Å². The van der Waals surface area contributed by atoms with Crippen LogP contribution in [-0.4, -0.2) is 28.9 Å². The molecule has 2 atom stereocenters. The molecule has 3 nitrogen and oxygen atoms in total. The van der Waals surface area contributed by atoms with Crippen molar-refractivity contribution in [1.82, 2.24) is 4.90 Å². The summed E-state index contributed by atoms with van der Waals surface area (Å²) in [6.07, 6.45) is 2.55. The van der Waals surface area contributed by atoms with Crippen molar-refractivity contribution in [2.75, 3.05) is 6.54 Å². The second-order valence-electron chi connectivity index (χ2n) is 5.01. The van der Waals surface area contributed by atoms with Gasteiger partial charge in [0.05, 0.1) is 5.54 Å². The molecule has 0 radical (unpaired) electrons. The molecule has 1 amide bonds. The van der Waals surface area contributed by atoms with Crippen LogP contribution in [0.15, 0.2) is 0 Å². The fourth-order valence-electron chi connectivity index (χ4n) is 2.42. The Kier molecular flexibility index (Phi) is 3.77. The van der Waals surface area contributed by atoms with Crippen molar-refractivity contribution in [3.05, 3.63) is 0 Å². The number of nitrogens with zero attached hydrogens (tertiary/aromatic N) is 1. The summed E-state index contributed by atoms with van der Waals surface area (Å²) in [7, 11) is 0. The highest BCUT2D eigenvalue weighted by molar-refractivity contribution is 5.86. The molecule has 3 heteroatoms. The summed E-state index contributed by atoms with van der Waals surface area (Å²) in [6, 6.07) is 0.355. The largest absolute Gasteiger partial charge is 0.338 e. The van der Waals surface area contributed by atoms with E-state index in [4.69, 9.17) is 5.73 Å². The second-order valence-corrected chi connectivity index (χ2v) is 5.01.